The molecule has 134 valence electrons. The first-order valence-corrected chi connectivity index (χ1v) is 9.25. The Labute approximate surface area is 156 Å². The van der Waals surface area contributed by atoms with Gasteiger partial charge in [0.15, 0.2) is 0 Å². The molecular weight excluding hydrogens is 320 g/mol. The maximum Gasteiger partial charge on any atom is 0.144 e. The number of aromatic hydroxyl groups is 1. The van der Waals surface area contributed by atoms with Gasteiger partial charge < -0.3 is 10.0 Å². The molecule has 0 radical (unpaired) electrons. The van der Waals surface area contributed by atoms with Gasteiger partial charge in [-0.25, -0.2) is 4.99 Å². The molecule has 1 aliphatic heterocycles. The molecule has 0 unspecified atom stereocenters. The summed E-state index contributed by atoms with van der Waals surface area (Å²) in [5.74, 6) is 1.04. The molecule has 1 N–H and O–H groups in total. The average molecular weight is 346 g/mol. The number of nitrogens with zero attached hydrogens (tertiary/aromatic N) is 2. The molecule has 0 fully saturated rings. The Morgan fingerprint density at radius 1 is 0.962 bits per heavy atom. The van der Waals surface area contributed by atoms with Crippen molar-refractivity contribution in [3.8, 4) is 5.75 Å². The van der Waals surface area contributed by atoms with Gasteiger partial charge in [0.2, 0.25) is 0 Å². The number of hydrogen-bond donors (Lipinski definition) is 1. The molecule has 3 rings (SSSR count). The lowest BCUT2D eigenvalue weighted by molar-refractivity contribution is 0.467. The number of benzene rings is 2. The van der Waals surface area contributed by atoms with Crippen molar-refractivity contribution in [1.29, 1.82) is 0 Å². The second-order valence-corrected chi connectivity index (χ2v) is 6.42. The summed E-state index contributed by atoms with van der Waals surface area (Å²) in [7, 11) is 0. The molecule has 0 amide bonds. The van der Waals surface area contributed by atoms with E-state index in [1.54, 1.807) is 6.07 Å². The zero-order chi connectivity index (χ0) is 18.5. The fourth-order valence-corrected chi connectivity index (χ4v) is 3.41. The molecule has 2 aromatic carbocycles. The Kier molecular flexibility index (Phi) is 5.57. The molecule has 2 aromatic rings. The van der Waals surface area contributed by atoms with E-state index < -0.39 is 0 Å². The van der Waals surface area contributed by atoms with Crippen LogP contribution in [0.4, 0.5) is 0 Å². The molecule has 0 saturated carbocycles. The van der Waals surface area contributed by atoms with Crippen LogP contribution in [0.3, 0.4) is 0 Å². The Morgan fingerprint density at radius 3 is 2.31 bits per heavy atom. The van der Waals surface area contributed by atoms with Crippen LogP contribution in [-0.4, -0.2) is 22.4 Å². The van der Waals surface area contributed by atoms with Crippen molar-refractivity contribution < 1.29 is 5.11 Å². The summed E-state index contributed by atoms with van der Waals surface area (Å²) >= 11 is 0. The van der Waals surface area contributed by atoms with E-state index >= 15 is 0 Å². The zero-order valence-corrected chi connectivity index (χ0v) is 15.6. The minimum absolute atomic E-state index is 0.249. The van der Waals surface area contributed by atoms with Gasteiger partial charge >= 0.3 is 0 Å². The van der Waals surface area contributed by atoms with Gasteiger partial charge in [0, 0.05) is 17.9 Å². The number of amidine groups is 1. The van der Waals surface area contributed by atoms with Gasteiger partial charge in [-0.15, -0.1) is 0 Å². The summed E-state index contributed by atoms with van der Waals surface area (Å²) in [5.41, 5.74) is 5.29. The third-order valence-electron chi connectivity index (χ3n) is 4.82. The van der Waals surface area contributed by atoms with E-state index in [4.69, 9.17) is 4.99 Å². The number of rotatable bonds is 6. The lowest BCUT2D eigenvalue weighted by atomic mass is 10.00. The maximum absolute atomic E-state index is 10.4. The quantitative estimate of drug-likeness (QED) is 0.772. The standard InChI is InChI=1S/C23H26N2O/c1-4-19-17(3)25(16-15-18-11-7-6-8-12-18)23(24-21(19)5-2)20-13-9-10-14-22(20)26/h6-14,26H,3-5,15-16H2,1-2H3. The lowest BCUT2D eigenvalue weighted by Gasteiger charge is -2.34. The fourth-order valence-electron chi connectivity index (χ4n) is 3.41. The highest BCUT2D eigenvalue weighted by Crippen LogP contribution is 2.32. The predicted octanol–water partition coefficient (Wildman–Crippen LogP) is 5.28. The van der Waals surface area contributed by atoms with Crippen LogP contribution in [0.25, 0.3) is 0 Å². The largest absolute Gasteiger partial charge is 0.507 e. The zero-order valence-electron chi connectivity index (χ0n) is 15.6. The first kappa shape index (κ1) is 18.0. The van der Waals surface area contributed by atoms with E-state index in [9.17, 15) is 5.11 Å². The van der Waals surface area contributed by atoms with Gasteiger partial charge in [-0.1, -0.05) is 62.9 Å². The molecular formula is C23H26N2O. The van der Waals surface area contributed by atoms with E-state index in [2.05, 4.69) is 49.6 Å². The normalized spacial score (nSPS) is 14.6. The van der Waals surface area contributed by atoms with Crippen LogP contribution in [0, 0.1) is 0 Å². The van der Waals surface area contributed by atoms with Crippen molar-refractivity contribution in [3.63, 3.8) is 0 Å². The summed E-state index contributed by atoms with van der Waals surface area (Å²) in [6.45, 7) is 9.40. The number of hydrogen-bond acceptors (Lipinski definition) is 3. The van der Waals surface area contributed by atoms with Gasteiger partial charge in [-0.3, -0.25) is 0 Å². The number of phenols is 1. The molecule has 0 aromatic heterocycles. The van der Waals surface area contributed by atoms with Gasteiger partial charge in [-0.2, -0.15) is 0 Å². The number of para-hydroxylation sites is 1. The van der Waals surface area contributed by atoms with E-state index in [0.717, 1.165) is 48.6 Å². The Morgan fingerprint density at radius 2 is 1.65 bits per heavy atom. The molecule has 0 aliphatic carbocycles. The van der Waals surface area contributed by atoms with Gasteiger partial charge in [0.25, 0.3) is 0 Å². The summed E-state index contributed by atoms with van der Waals surface area (Å²) in [4.78, 5) is 7.08. The van der Waals surface area contributed by atoms with Gasteiger partial charge in [0.1, 0.15) is 11.6 Å². The SMILES string of the molecule is C=C1C(CC)=C(CC)N=C(c2ccccc2O)N1CCc1ccccc1. The van der Waals surface area contributed by atoms with Crippen LogP contribution in [0.2, 0.25) is 0 Å². The maximum atomic E-state index is 10.4. The molecule has 1 heterocycles. The number of allylic oxidation sites excluding steroid dienone is 2. The highest BCUT2D eigenvalue weighted by molar-refractivity contribution is 6.03. The summed E-state index contributed by atoms with van der Waals surface area (Å²) in [5, 5.41) is 10.4. The van der Waals surface area contributed by atoms with Crippen LogP contribution in [-0.2, 0) is 6.42 Å². The summed E-state index contributed by atoms with van der Waals surface area (Å²) < 4.78 is 0. The highest BCUT2D eigenvalue weighted by atomic mass is 16.3. The van der Waals surface area contributed by atoms with Crippen LogP contribution in [0.15, 0.2) is 83.1 Å². The van der Waals surface area contributed by atoms with Gasteiger partial charge in [0.05, 0.1) is 5.56 Å². The first-order valence-electron chi connectivity index (χ1n) is 9.25. The molecule has 3 nitrogen and oxygen atoms in total. The predicted molar refractivity (Wildman–Crippen MR) is 108 cm³/mol. The van der Waals surface area contributed by atoms with Crippen molar-refractivity contribution in [3.05, 3.63) is 89.3 Å². The van der Waals surface area contributed by atoms with Crippen LogP contribution in [0.1, 0.15) is 37.8 Å². The molecule has 0 saturated heterocycles. The van der Waals surface area contributed by atoms with Gasteiger partial charge in [-0.05, 0) is 42.5 Å². The topological polar surface area (TPSA) is 35.8 Å². The lowest BCUT2D eigenvalue weighted by Crippen LogP contribution is -2.36. The highest BCUT2D eigenvalue weighted by Gasteiger charge is 2.26. The van der Waals surface area contributed by atoms with Crippen molar-refractivity contribution >= 4 is 5.84 Å². The fraction of sp³-hybridized carbons (Fsp3) is 0.261. The number of phenolic OH excluding ortho intramolecular Hbond substituents is 1. The Bertz CT molecular complexity index is 850. The minimum Gasteiger partial charge on any atom is -0.507 e. The molecule has 0 spiro atoms. The third-order valence-corrected chi connectivity index (χ3v) is 4.82. The van der Waals surface area contributed by atoms with Crippen molar-refractivity contribution in [2.24, 2.45) is 4.99 Å². The summed E-state index contributed by atoms with van der Waals surface area (Å²) in [6.07, 6.45) is 2.65. The average Bonchev–Trinajstić information content (AvgIpc) is 2.67. The van der Waals surface area contributed by atoms with Crippen LogP contribution in [0.5, 0.6) is 5.75 Å². The molecule has 0 bridgehead atoms. The van der Waals surface area contributed by atoms with E-state index in [1.165, 1.54) is 11.1 Å². The van der Waals surface area contributed by atoms with Crippen molar-refractivity contribution in [2.45, 2.75) is 33.1 Å². The molecule has 26 heavy (non-hydrogen) atoms. The molecule has 1 aliphatic rings. The Balaban J connectivity index is 1.99. The van der Waals surface area contributed by atoms with Crippen LogP contribution >= 0.6 is 0 Å². The smallest absolute Gasteiger partial charge is 0.144 e. The minimum atomic E-state index is 0.249. The van der Waals surface area contributed by atoms with Crippen molar-refractivity contribution in [2.75, 3.05) is 6.54 Å². The number of aliphatic imine (C=N–C) groups is 1. The Hall–Kier alpha value is -2.81. The second kappa shape index (κ2) is 8.05. The third kappa shape index (κ3) is 3.57. The van der Waals surface area contributed by atoms with Crippen molar-refractivity contribution in [1.82, 2.24) is 4.90 Å². The molecule has 3 heteroatoms. The monoisotopic (exact) mass is 346 g/mol. The van der Waals surface area contributed by atoms with E-state index in [0.29, 0.717) is 0 Å². The first-order chi connectivity index (χ1) is 12.7. The molecule has 0 atom stereocenters. The van der Waals surface area contributed by atoms with E-state index in [1.807, 2.05) is 24.3 Å². The van der Waals surface area contributed by atoms with Crippen LogP contribution < -0.4 is 0 Å². The van der Waals surface area contributed by atoms with E-state index in [-0.39, 0.29) is 5.75 Å². The summed E-state index contributed by atoms with van der Waals surface area (Å²) in [6, 6.07) is 17.8. The second-order valence-electron chi connectivity index (χ2n) is 6.42.